The first kappa shape index (κ1) is 18.8. The van der Waals surface area contributed by atoms with Crippen molar-refractivity contribution in [3.63, 3.8) is 0 Å². The minimum Gasteiger partial charge on any atom is -0.330 e. The summed E-state index contributed by atoms with van der Waals surface area (Å²) in [6, 6.07) is 2.63. The molecule has 0 aromatic heterocycles. The van der Waals surface area contributed by atoms with Crippen LogP contribution in [-0.4, -0.2) is 36.8 Å². The van der Waals surface area contributed by atoms with Crippen molar-refractivity contribution in [3.05, 3.63) is 34.1 Å². The normalized spacial score (nSPS) is 22.3. The molecule has 1 fully saturated rings. The summed E-state index contributed by atoms with van der Waals surface area (Å²) in [6.45, 7) is 2.14. The number of nitro groups is 1. The average molecular weight is 354 g/mol. The van der Waals surface area contributed by atoms with E-state index in [1.165, 1.54) is 0 Å². The number of halogens is 2. The lowest BCUT2D eigenvalue weighted by Crippen LogP contribution is -2.35. The maximum absolute atomic E-state index is 13.9. The van der Waals surface area contributed by atoms with E-state index in [0.29, 0.717) is 13.0 Å². The molecular weight excluding hydrogens is 337 g/mol. The summed E-state index contributed by atoms with van der Waals surface area (Å²) in [5.41, 5.74) is 4.79. The van der Waals surface area contributed by atoms with Crippen molar-refractivity contribution in [1.82, 2.24) is 4.31 Å². The van der Waals surface area contributed by atoms with E-state index >= 15 is 0 Å². The predicted octanol–water partition coefficient (Wildman–Crippen LogP) is 1.51. The van der Waals surface area contributed by atoms with Gasteiger partial charge in [-0.05, 0) is 31.9 Å². The third kappa shape index (κ3) is 3.22. The van der Waals surface area contributed by atoms with Crippen molar-refractivity contribution < 1.29 is 17.7 Å². The van der Waals surface area contributed by atoms with Crippen molar-refractivity contribution >= 4 is 28.1 Å². The number of hydrogen-bond acceptors (Lipinski definition) is 5. The van der Waals surface area contributed by atoms with E-state index in [0.717, 1.165) is 22.5 Å². The summed E-state index contributed by atoms with van der Waals surface area (Å²) in [5, 5.41) is 11.0. The Labute approximate surface area is 133 Å². The Morgan fingerprint density at radius 3 is 2.64 bits per heavy atom. The molecule has 2 atom stereocenters. The first-order valence-corrected chi connectivity index (χ1v) is 7.87. The lowest BCUT2D eigenvalue weighted by atomic mass is 10.1. The van der Waals surface area contributed by atoms with Gasteiger partial charge in [0, 0.05) is 18.7 Å². The lowest BCUT2D eigenvalue weighted by molar-refractivity contribution is -0.388. The van der Waals surface area contributed by atoms with E-state index < -0.39 is 31.3 Å². The minimum absolute atomic E-state index is 0. The minimum atomic E-state index is -4.28. The smallest absolute Gasteiger partial charge is 0.292 e. The molecule has 0 radical (unpaired) electrons. The van der Waals surface area contributed by atoms with Crippen molar-refractivity contribution in [2.24, 2.45) is 11.7 Å². The Bertz CT molecular complexity index is 670. The highest BCUT2D eigenvalue weighted by Gasteiger charge is 2.41. The largest absolute Gasteiger partial charge is 0.330 e. The molecule has 22 heavy (non-hydrogen) atoms. The molecule has 2 N–H and O–H groups in total. The van der Waals surface area contributed by atoms with Crippen LogP contribution in [0, 0.1) is 21.8 Å². The average Bonchev–Trinajstić information content (AvgIpc) is 2.80. The Kier molecular flexibility index (Phi) is 5.85. The molecule has 1 aliphatic rings. The van der Waals surface area contributed by atoms with E-state index in [9.17, 15) is 22.9 Å². The molecule has 1 saturated heterocycles. The van der Waals surface area contributed by atoms with Crippen LogP contribution >= 0.6 is 12.4 Å². The number of rotatable bonds is 4. The van der Waals surface area contributed by atoms with Gasteiger partial charge in [0.15, 0.2) is 4.90 Å². The Hall–Kier alpha value is -1.29. The standard InChI is InChI=1S/C12H16FN3O4S.ClH/c1-8-5-9(6-14)7-15(8)21(19,20)12-10(13)3-2-4-11(12)16(17)18;/h2-4,8-9H,5-7,14H2,1H3;1H. The molecule has 1 heterocycles. The summed E-state index contributed by atoms with van der Waals surface area (Å²) >= 11 is 0. The van der Waals surface area contributed by atoms with Crippen molar-refractivity contribution in [2.45, 2.75) is 24.3 Å². The van der Waals surface area contributed by atoms with E-state index in [4.69, 9.17) is 5.73 Å². The molecule has 0 aliphatic carbocycles. The van der Waals surface area contributed by atoms with Crippen molar-refractivity contribution in [3.8, 4) is 0 Å². The van der Waals surface area contributed by atoms with Gasteiger partial charge in [0.05, 0.1) is 4.92 Å². The van der Waals surface area contributed by atoms with Crippen molar-refractivity contribution in [2.75, 3.05) is 13.1 Å². The van der Waals surface area contributed by atoms with Gasteiger partial charge in [-0.15, -0.1) is 12.4 Å². The molecule has 2 unspecified atom stereocenters. The third-order valence-electron chi connectivity index (χ3n) is 3.65. The molecule has 1 aromatic rings. The first-order valence-electron chi connectivity index (χ1n) is 6.43. The highest BCUT2D eigenvalue weighted by molar-refractivity contribution is 7.89. The molecule has 10 heteroatoms. The van der Waals surface area contributed by atoms with Crippen LogP contribution in [0.2, 0.25) is 0 Å². The van der Waals surface area contributed by atoms with Crippen molar-refractivity contribution in [1.29, 1.82) is 0 Å². The summed E-state index contributed by atoms with van der Waals surface area (Å²) in [7, 11) is -4.28. The molecule has 124 valence electrons. The van der Waals surface area contributed by atoms with Crippen LogP contribution in [-0.2, 0) is 10.0 Å². The van der Waals surface area contributed by atoms with Gasteiger partial charge in [-0.25, -0.2) is 12.8 Å². The van der Waals surface area contributed by atoms with Crippen LogP contribution in [0.15, 0.2) is 23.1 Å². The monoisotopic (exact) mass is 353 g/mol. The molecule has 0 amide bonds. The molecule has 1 aromatic carbocycles. The maximum Gasteiger partial charge on any atom is 0.292 e. The van der Waals surface area contributed by atoms with Gasteiger partial charge in [-0.3, -0.25) is 10.1 Å². The quantitative estimate of drug-likeness (QED) is 0.652. The van der Waals surface area contributed by atoms with Gasteiger partial charge in [0.2, 0.25) is 0 Å². The van der Waals surface area contributed by atoms with Gasteiger partial charge in [0.25, 0.3) is 15.7 Å². The number of nitrogens with zero attached hydrogens (tertiary/aromatic N) is 2. The summed E-state index contributed by atoms with van der Waals surface area (Å²) in [5.74, 6) is -1.15. The van der Waals surface area contributed by atoms with E-state index in [1.54, 1.807) is 6.92 Å². The van der Waals surface area contributed by atoms with Gasteiger partial charge in [-0.2, -0.15) is 4.31 Å². The van der Waals surface area contributed by atoms with E-state index in [1.807, 2.05) is 0 Å². The van der Waals surface area contributed by atoms with Crippen LogP contribution in [0.1, 0.15) is 13.3 Å². The second kappa shape index (κ2) is 6.86. The van der Waals surface area contributed by atoms with Crippen LogP contribution < -0.4 is 5.73 Å². The fourth-order valence-electron chi connectivity index (χ4n) is 2.63. The fraction of sp³-hybridized carbons (Fsp3) is 0.500. The summed E-state index contributed by atoms with van der Waals surface area (Å²) < 4.78 is 40.2. The molecule has 7 nitrogen and oxygen atoms in total. The number of benzene rings is 1. The van der Waals surface area contributed by atoms with Crippen LogP contribution in [0.25, 0.3) is 0 Å². The van der Waals surface area contributed by atoms with E-state index in [2.05, 4.69) is 0 Å². The summed E-state index contributed by atoms with van der Waals surface area (Å²) in [6.07, 6.45) is 0.554. The fourth-order valence-corrected chi connectivity index (χ4v) is 4.55. The lowest BCUT2D eigenvalue weighted by Gasteiger charge is -2.21. The summed E-state index contributed by atoms with van der Waals surface area (Å²) in [4.78, 5) is 9.21. The molecule has 1 aliphatic heterocycles. The van der Waals surface area contributed by atoms with Crippen LogP contribution in [0.3, 0.4) is 0 Å². The number of nitrogens with two attached hydrogens (primary N) is 1. The zero-order valence-corrected chi connectivity index (χ0v) is 13.4. The zero-order chi connectivity index (χ0) is 15.8. The second-order valence-electron chi connectivity index (χ2n) is 5.11. The molecule has 0 spiro atoms. The SMILES string of the molecule is CC1CC(CN)CN1S(=O)(=O)c1c(F)cccc1[N+](=O)[O-].Cl. The second-order valence-corrected chi connectivity index (χ2v) is 6.93. The number of sulfonamides is 1. The Balaban J connectivity index is 0.00000242. The highest BCUT2D eigenvalue weighted by atomic mass is 35.5. The molecule has 0 saturated carbocycles. The number of hydrogen-bond donors (Lipinski definition) is 1. The number of nitro benzene ring substituents is 1. The van der Waals surface area contributed by atoms with Gasteiger partial charge in [-0.1, -0.05) is 6.07 Å². The first-order chi connectivity index (χ1) is 9.78. The third-order valence-corrected chi connectivity index (χ3v) is 5.69. The Morgan fingerprint density at radius 1 is 1.50 bits per heavy atom. The van der Waals surface area contributed by atoms with Gasteiger partial charge in [0.1, 0.15) is 5.82 Å². The van der Waals surface area contributed by atoms with Gasteiger partial charge < -0.3 is 5.73 Å². The zero-order valence-electron chi connectivity index (χ0n) is 11.8. The maximum atomic E-state index is 13.9. The molecular formula is C12H17ClFN3O4S. The molecule has 0 bridgehead atoms. The molecule has 2 rings (SSSR count). The Morgan fingerprint density at radius 2 is 2.14 bits per heavy atom. The predicted molar refractivity (Wildman–Crippen MR) is 80.8 cm³/mol. The van der Waals surface area contributed by atoms with E-state index in [-0.39, 0.29) is 30.9 Å². The van der Waals surface area contributed by atoms with Gasteiger partial charge >= 0.3 is 0 Å². The topological polar surface area (TPSA) is 107 Å². The van der Waals surface area contributed by atoms with Crippen LogP contribution in [0.4, 0.5) is 10.1 Å². The van der Waals surface area contributed by atoms with Crippen LogP contribution in [0.5, 0.6) is 0 Å². The highest BCUT2D eigenvalue weighted by Crippen LogP contribution is 2.34.